The second-order valence-corrected chi connectivity index (χ2v) is 20.0. The van der Waals surface area contributed by atoms with Gasteiger partial charge in [0.15, 0.2) is 0 Å². The second-order valence-electron chi connectivity index (χ2n) is 20.0. The van der Waals surface area contributed by atoms with Crippen LogP contribution in [0.1, 0.15) is 307 Å². The van der Waals surface area contributed by atoms with Crippen molar-refractivity contribution < 1.29 is 25.1 Å². The van der Waals surface area contributed by atoms with Crippen molar-refractivity contribution in [1.29, 1.82) is 0 Å². The van der Waals surface area contributed by atoms with E-state index in [1.807, 2.05) is 0 Å². The van der Waals surface area contributed by atoms with Crippen molar-refractivity contribution in [3.63, 3.8) is 0 Å². The summed E-state index contributed by atoms with van der Waals surface area (Å²) in [5.41, 5.74) is 26.1. The van der Waals surface area contributed by atoms with Crippen LogP contribution in [-0.4, -0.2) is 4.70 Å². The molecule has 0 saturated carbocycles. The fourth-order valence-electron chi connectivity index (χ4n) is 9.31. The molecule has 3 rings (SSSR count). The first-order chi connectivity index (χ1) is 32.3. The Hall–Kier alpha value is -1.82. The summed E-state index contributed by atoms with van der Waals surface area (Å²) in [4.78, 5) is 0. The Bertz CT molecular complexity index is 1360. The molecule has 0 fully saturated rings. The van der Waals surface area contributed by atoms with E-state index in [9.17, 15) is 5.53 Å². The van der Waals surface area contributed by atoms with Gasteiger partial charge < -0.3 is 19.4 Å². The van der Waals surface area contributed by atoms with Crippen LogP contribution in [0.5, 0.6) is 0 Å². The molecule has 0 bridgehead atoms. The first kappa shape index (κ1) is 65.2. The van der Waals surface area contributed by atoms with Crippen molar-refractivity contribution in [3.8, 4) is 0 Å². The molecule has 1 aliphatic rings. The molecule has 0 unspecified atom stereocenters. The van der Waals surface area contributed by atoms with E-state index >= 15 is 0 Å². The summed E-state index contributed by atoms with van der Waals surface area (Å²) in [5.74, 6) is 0. The van der Waals surface area contributed by atoms with Gasteiger partial charge in [0.1, 0.15) is 0 Å². The summed E-state index contributed by atoms with van der Waals surface area (Å²) in [6, 6.07) is 14.9. The summed E-state index contributed by atoms with van der Waals surface area (Å²) in [6.45, 7) is 25.3. The van der Waals surface area contributed by atoms with Crippen molar-refractivity contribution in [2.75, 3.05) is 0 Å². The third-order valence-electron chi connectivity index (χ3n) is 13.6. The molecule has 0 spiro atoms. The molecule has 0 radical (unpaired) electrons. The first-order valence-corrected chi connectivity index (χ1v) is 29.1. The first-order valence-electron chi connectivity index (χ1n) is 29.1. The standard InChI is InChI=1S/C56H92N2.2C4H9.Pd/c1-7-13-19-23-27-31-35-47-41-48(36-32-28-24-20-14-8-2)44-51(43-47)55-53(39-17-11-5)54(40-18-12-6)56(58(55)57)52-45-49(37-33-29-25-21-15-9-3)42-50(46-52)38-34-30-26-22-16-10-4;2*1-3-4-2;/h41-46H,7-40H2,1-6H3;2*1,3-4H2,2H3;/q;2*-1;+2. The maximum Gasteiger partial charge on any atom is 2.00 e. The average molecular weight is 1010 g/mol. The average Bonchev–Trinajstić information content (AvgIpc) is 3.61. The number of hydrogen-bond acceptors (Lipinski definition) is 0. The predicted molar refractivity (Wildman–Crippen MR) is 298 cm³/mol. The number of rotatable bonds is 38. The van der Waals surface area contributed by atoms with Gasteiger partial charge in [-0.05, 0) is 124 Å². The molecule has 2 aromatic carbocycles. The van der Waals surface area contributed by atoms with Crippen LogP contribution < -0.4 is 0 Å². The Balaban J connectivity index is 0.00000446. The smallest absolute Gasteiger partial charge is 0.493 e. The largest absolute Gasteiger partial charge is 2.00 e. The van der Waals surface area contributed by atoms with Gasteiger partial charge in [-0.2, -0.15) is 12.8 Å². The molecule has 2 aromatic rings. The van der Waals surface area contributed by atoms with E-state index in [1.54, 1.807) is 4.70 Å². The van der Waals surface area contributed by atoms with Gasteiger partial charge in [-0.3, -0.25) is 0 Å². The van der Waals surface area contributed by atoms with Crippen molar-refractivity contribution in [2.45, 2.75) is 299 Å². The molecule has 1 aliphatic heterocycles. The molecule has 1 heterocycles. The van der Waals surface area contributed by atoms with Gasteiger partial charge in [0.2, 0.25) is 11.4 Å². The van der Waals surface area contributed by atoms with E-state index < -0.39 is 0 Å². The van der Waals surface area contributed by atoms with Gasteiger partial charge >= 0.3 is 20.4 Å². The summed E-state index contributed by atoms with van der Waals surface area (Å²) in [7, 11) is 0. The number of benzene rings is 2. The van der Waals surface area contributed by atoms with Gasteiger partial charge in [-0.1, -0.05) is 222 Å². The molecule has 0 atom stereocenters. The zero-order chi connectivity index (χ0) is 48.5. The Kier molecular flexibility index (Phi) is 44.1. The van der Waals surface area contributed by atoms with Gasteiger partial charge in [0.05, 0.1) is 0 Å². The molecule has 0 aromatic heterocycles. The Morgan fingerprint density at radius 3 is 0.761 bits per heavy atom. The number of allylic oxidation sites excluding steroid dienone is 2. The van der Waals surface area contributed by atoms with Crippen molar-refractivity contribution in [3.05, 3.63) is 100 Å². The van der Waals surface area contributed by atoms with E-state index in [4.69, 9.17) is 0 Å². The fourth-order valence-corrected chi connectivity index (χ4v) is 9.31. The molecule has 0 N–H and O–H groups in total. The number of hydrogen-bond donors (Lipinski definition) is 0. The number of aryl methyl sites for hydroxylation is 4. The van der Waals surface area contributed by atoms with Gasteiger partial charge in [0, 0.05) is 22.3 Å². The van der Waals surface area contributed by atoms with Crippen LogP contribution in [0, 0.1) is 13.8 Å². The Morgan fingerprint density at radius 1 is 0.313 bits per heavy atom. The third kappa shape index (κ3) is 29.2. The number of nitrogens with zero attached hydrogens (tertiary/aromatic N) is 2. The molecule has 0 saturated heterocycles. The van der Waals surface area contributed by atoms with Crippen molar-refractivity contribution >= 4 is 11.4 Å². The molecular formula is C64H110N2Pd. The van der Waals surface area contributed by atoms with Gasteiger partial charge in [0.25, 0.3) is 0 Å². The van der Waals surface area contributed by atoms with Crippen LogP contribution in [0.2, 0.25) is 0 Å². The van der Waals surface area contributed by atoms with Crippen LogP contribution in [0.4, 0.5) is 0 Å². The Morgan fingerprint density at radius 2 is 0.537 bits per heavy atom. The normalized spacial score (nSPS) is 12.3. The van der Waals surface area contributed by atoms with Crippen molar-refractivity contribution in [1.82, 2.24) is 0 Å². The predicted octanol–water partition coefficient (Wildman–Crippen LogP) is 22.1. The van der Waals surface area contributed by atoms with E-state index in [2.05, 4.69) is 106 Å². The van der Waals surface area contributed by atoms with Crippen LogP contribution in [-0.2, 0) is 46.1 Å². The van der Waals surface area contributed by atoms with Gasteiger partial charge in [-0.15, -0.1) is 0 Å². The minimum absolute atomic E-state index is 0. The molecule has 0 amide bonds. The molecule has 2 nitrogen and oxygen atoms in total. The third-order valence-corrected chi connectivity index (χ3v) is 13.6. The molecule has 0 aliphatic carbocycles. The summed E-state index contributed by atoms with van der Waals surface area (Å²) in [5, 5.41) is 0. The SMILES string of the molecule is CCCCCCCCc1cc(CCCCCCCC)cc(C2=C(CCCC)C(CCCC)=C(c3cc(CCCCCCCC)cc(CCCCCCCC)c3)[N+]2=[N-])c1.[CH2-]CCC.[CH2-]CCC.[Pd+2]. The second kappa shape index (κ2) is 45.3. The maximum absolute atomic E-state index is 12.8. The topological polar surface area (TPSA) is 25.3 Å². The number of unbranched alkanes of at least 4 members (excludes halogenated alkanes) is 24. The summed E-state index contributed by atoms with van der Waals surface area (Å²) >= 11 is 0. The van der Waals surface area contributed by atoms with Crippen molar-refractivity contribution in [2.24, 2.45) is 0 Å². The van der Waals surface area contributed by atoms with Gasteiger partial charge in [-0.25, -0.2) is 4.70 Å². The Labute approximate surface area is 433 Å². The quantitative estimate of drug-likeness (QED) is 0.0277. The monoisotopic (exact) mass is 1010 g/mol. The van der Waals surface area contributed by atoms with E-state index in [0.717, 1.165) is 88.4 Å². The van der Waals surface area contributed by atoms with Crippen LogP contribution in [0.15, 0.2) is 47.5 Å². The summed E-state index contributed by atoms with van der Waals surface area (Å²) in [6.07, 6.45) is 47.6. The molecule has 386 valence electrons. The molecule has 67 heavy (non-hydrogen) atoms. The molecule has 3 heteroatoms. The van der Waals surface area contributed by atoms with Crippen LogP contribution in [0.25, 0.3) is 16.9 Å². The van der Waals surface area contributed by atoms with E-state index in [-0.39, 0.29) is 20.4 Å². The van der Waals surface area contributed by atoms with Crippen LogP contribution in [0.3, 0.4) is 0 Å². The molecular weight excluding hydrogens is 903 g/mol. The minimum Gasteiger partial charge on any atom is -0.493 e. The van der Waals surface area contributed by atoms with E-state index in [1.165, 1.54) is 211 Å². The van der Waals surface area contributed by atoms with E-state index in [0.29, 0.717) is 0 Å². The zero-order valence-corrected chi connectivity index (χ0v) is 47.5. The minimum atomic E-state index is 0. The maximum atomic E-state index is 12.8. The summed E-state index contributed by atoms with van der Waals surface area (Å²) < 4.78 is 1.70. The zero-order valence-electron chi connectivity index (χ0n) is 46.0. The fraction of sp³-hybridized carbons (Fsp3) is 0.719. The van der Waals surface area contributed by atoms with Crippen LogP contribution >= 0.6 is 0 Å².